The maximum atomic E-state index is 13.1. The molecule has 0 aromatic carbocycles. The van der Waals surface area contributed by atoms with Gasteiger partial charge < -0.3 is 61.1 Å². The van der Waals surface area contributed by atoms with Crippen LogP contribution in [0.1, 0.15) is 0 Å². The number of ether oxygens (including phenoxy) is 11. The average molecular weight is 599 g/mol. The van der Waals surface area contributed by atoms with Crippen LogP contribution in [-0.2, 0) is 61.7 Å². The molecule has 0 bridgehead atoms. The standard InChI is InChI=1S/C26H50N2O13/c1-31-19-37-17-23(39-21-33-3)13-27(5-9-35-10-6-27)15-25(29)41-26(30)16-28(7-11-36-12-8-28)14-24(40-22-34-4)18-38-20-32-2/h23-24H,5-22H2,1-4H3/q+2. The first kappa shape index (κ1) is 35.9. The van der Waals surface area contributed by atoms with Gasteiger partial charge in [-0.05, 0) is 0 Å². The van der Waals surface area contributed by atoms with Gasteiger partial charge >= 0.3 is 11.9 Å². The summed E-state index contributed by atoms with van der Waals surface area (Å²) in [6.07, 6.45) is -0.725. The van der Waals surface area contributed by atoms with Crippen LogP contribution in [0.3, 0.4) is 0 Å². The third kappa shape index (κ3) is 14.1. The maximum Gasteiger partial charge on any atom is 0.369 e. The van der Waals surface area contributed by atoms with Gasteiger partial charge in [-0.3, -0.25) is 0 Å². The minimum atomic E-state index is -0.595. The molecule has 240 valence electrons. The van der Waals surface area contributed by atoms with Crippen molar-refractivity contribution in [1.29, 1.82) is 0 Å². The molecule has 0 aliphatic carbocycles. The van der Waals surface area contributed by atoms with E-state index in [0.29, 0.717) is 74.7 Å². The first-order valence-corrected chi connectivity index (χ1v) is 13.8. The van der Waals surface area contributed by atoms with Crippen LogP contribution in [0.4, 0.5) is 0 Å². The van der Waals surface area contributed by atoms with E-state index in [9.17, 15) is 9.59 Å². The molecule has 41 heavy (non-hydrogen) atoms. The SMILES string of the molecule is COCOCC(C[N+]1(CC(=O)OC(=O)C[N+]2(CC(COCOC)OCOC)CCOCC2)CCOCC1)OCOC. The van der Waals surface area contributed by atoms with E-state index in [-0.39, 0.29) is 65.7 Å². The summed E-state index contributed by atoms with van der Waals surface area (Å²) in [6.45, 7) is 6.00. The lowest BCUT2D eigenvalue weighted by molar-refractivity contribution is -0.932. The molecule has 0 spiro atoms. The maximum absolute atomic E-state index is 13.1. The minimum Gasteiger partial charge on any atom is -0.385 e. The van der Waals surface area contributed by atoms with Gasteiger partial charge in [0.2, 0.25) is 0 Å². The van der Waals surface area contributed by atoms with Crippen LogP contribution in [0, 0.1) is 0 Å². The average Bonchev–Trinajstić information content (AvgIpc) is 2.95. The second kappa shape index (κ2) is 20.5. The first-order valence-electron chi connectivity index (χ1n) is 13.8. The highest BCUT2D eigenvalue weighted by Gasteiger charge is 2.40. The van der Waals surface area contributed by atoms with E-state index in [0.717, 1.165) is 0 Å². The molecule has 2 heterocycles. The molecular weight excluding hydrogens is 548 g/mol. The smallest absolute Gasteiger partial charge is 0.369 e. The Morgan fingerprint density at radius 1 is 0.610 bits per heavy atom. The zero-order chi connectivity index (χ0) is 29.8. The Hall–Kier alpha value is -1.34. The number of esters is 2. The summed E-state index contributed by atoms with van der Waals surface area (Å²) in [5, 5.41) is 0. The number of methoxy groups -OCH3 is 4. The predicted molar refractivity (Wildman–Crippen MR) is 141 cm³/mol. The van der Waals surface area contributed by atoms with Gasteiger partial charge in [0.05, 0.1) is 39.6 Å². The molecule has 2 atom stereocenters. The van der Waals surface area contributed by atoms with Gasteiger partial charge in [-0.15, -0.1) is 0 Å². The van der Waals surface area contributed by atoms with Crippen LogP contribution in [0.5, 0.6) is 0 Å². The van der Waals surface area contributed by atoms with Crippen molar-refractivity contribution in [1.82, 2.24) is 0 Å². The summed E-state index contributed by atoms with van der Waals surface area (Å²) in [7, 11) is 6.16. The topological polar surface area (TPSA) is 136 Å². The van der Waals surface area contributed by atoms with Crippen LogP contribution >= 0.6 is 0 Å². The van der Waals surface area contributed by atoms with Gasteiger partial charge in [-0.1, -0.05) is 0 Å². The number of carbonyl (C=O) groups excluding carboxylic acids is 2. The normalized spacial score (nSPS) is 19.9. The molecule has 2 rings (SSSR count). The fourth-order valence-corrected chi connectivity index (χ4v) is 5.04. The van der Waals surface area contributed by atoms with Gasteiger partial charge in [0.15, 0.2) is 13.1 Å². The number of rotatable bonds is 22. The number of carbonyl (C=O) groups is 2. The molecule has 0 aromatic rings. The van der Waals surface area contributed by atoms with Crippen molar-refractivity contribution in [2.24, 2.45) is 0 Å². The highest BCUT2D eigenvalue weighted by atomic mass is 16.7. The van der Waals surface area contributed by atoms with E-state index in [1.165, 1.54) is 14.2 Å². The van der Waals surface area contributed by atoms with Crippen molar-refractivity contribution in [3.8, 4) is 0 Å². The summed E-state index contributed by atoms with van der Waals surface area (Å²) < 4.78 is 60.0. The van der Waals surface area contributed by atoms with Crippen LogP contribution in [0.25, 0.3) is 0 Å². The Kier molecular flexibility index (Phi) is 18.0. The molecule has 0 N–H and O–H groups in total. The van der Waals surface area contributed by atoms with E-state index in [1.54, 1.807) is 14.2 Å². The Labute approximate surface area is 242 Å². The molecule has 0 saturated carbocycles. The lowest BCUT2D eigenvalue weighted by Gasteiger charge is -2.43. The number of hydrogen-bond donors (Lipinski definition) is 0. The molecule has 15 heteroatoms. The van der Waals surface area contributed by atoms with Gasteiger partial charge in [0, 0.05) is 28.4 Å². The number of hydrogen-bond acceptors (Lipinski definition) is 13. The summed E-state index contributed by atoms with van der Waals surface area (Å²) in [4.78, 5) is 26.3. The molecule has 2 fully saturated rings. The quantitative estimate of drug-likeness (QED) is 0.0495. The summed E-state index contributed by atoms with van der Waals surface area (Å²) in [5.74, 6) is -1.19. The number of nitrogens with zero attached hydrogens (tertiary/aromatic N) is 2. The lowest BCUT2D eigenvalue weighted by Crippen LogP contribution is -2.62. The highest BCUT2D eigenvalue weighted by molar-refractivity contribution is 5.86. The van der Waals surface area contributed by atoms with E-state index in [1.807, 2.05) is 0 Å². The van der Waals surface area contributed by atoms with Crippen LogP contribution in [0.2, 0.25) is 0 Å². The second-order valence-electron chi connectivity index (χ2n) is 10.3. The third-order valence-electron chi connectivity index (χ3n) is 7.03. The van der Waals surface area contributed by atoms with E-state index >= 15 is 0 Å². The Morgan fingerprint density at radius 2 is 0.976 bits per heavy atom. The van der Waals surface area contributed by atoms with Crippen LogP contribution in [0.15, 0.2) is 0 Å². The molecule has 0 aromatic heterocycles. The van der Waals surface area contributed by atoms with Crippen molar-refractivity contribution in [2.45, 2.75) is 12.2 Å². The fourth-order valence-electron chi connectivity index (χ4n) is 5.04. The molecule has 2 aliphatic heterocycles. The predicted octanol–water partition coefficient (Wildman–Crippen LogP) is -1.03. The monoisotopic (exact) mass is 598 g/mol. The minimum absolute atomic E-state index is 0.000234. The Morgan fingerprint density at radius 3 is 1.32 bits per heavy atom. The van der Waals surface area contributed by atoms with Crippen molar-refractivity contribution >= 4 is 11.9 Å². The van der Waals surface area contributed by atoms with Crippen LogP contribution in [-0.4, -0.2) is 181 Å². The molecule has 2 saturated heterocycles. The van der Waals surface area contributed by atoms with Gasteiger partial charge in [0.1, 0.15) is 78.6 Å². The van der Waals surface area contributed by atoms with E-state index in [2.05, 4.69) is 0 Å². The summed E-state index contributed by atoms with van der Waals surface area (Å²) in [6, 6.07) is 0. The van der Waals surface area contributed by atoms with Gasteiger partial charge in [-0.2, -0.15) is 0 Å². The zero-order valence-electron chi connectivity index (χ0n) is 25.1. The molecule has 2 unspecified atom stereocenters. The van der Waals surface area contributed by atoms with Gasteiger partial charge in [-0.25, -0.2) is 9.59 Å². The number of quaternary nitrogens is 2. The molecule has 2 aliphatic rings. The molecule has 15 nitrogen and oxygen atoms in total. The number of morpholine rings is 2. The largest absolute Gasteiger partial charge is 0.385 e. The summed E-state index contributed by atoms with van der Waals surface area (Å²) >= 11 is 0. The van der Waals surface area contributed by atoms with Crippen molar-refractivity contribution < 1.29 is 70.7 Å². The third-order valence-corrected chi connectivity index (χ3v) is 7.03. The van der Waals surface area contributed by atoms with E-state index < -0.39 is 11.9 Å². The lowest BCUT2D eigenvalue weighted by atomic mass is 10.2. The van der Waals surface area contributed by atoms with Gasteiger partial charge in [0.25, 0.3) is 0 Å². The molecule has 0 radical (unpaired) electrons. The van der Waals surface area contributed by atoms with Crippen molar-refractivity contribution in [2.75, 3.05) is 148 Å². The first-order chi connectivity index (χ1) is 19.9. The van der Waals surface area contributed by atoms with Crippen molar-refractivity contribution in [3.05, 3.63) is 0 Å². The van der Waals surface area contributed by atoms with Crippen molar-refractivity contribution in [3.63, 3.8) is 0 Å². The van der Waals surface area contributed by atoms with E-state index in [4.69, 9.17) is 52.1 Å². The fraction of sp³-hybridized carbons (Fsp3) is 0.923. The molecule has 0 amide bonds. The summed E-state index contributed by atoms with van der Waals surface area (Å²) in [5.41, 5.74) is 0. The zero-order valence-corrected chi connectivity index (χ0v) is 25.1. The highest BCUT2D eigenvalue weighted by Crippen LogP contribution is 2.18. The molecular formula is C26H50N2O13+2. The van der Waals surface area contributed by atoms with Crippen LogP contribution < -0.4 is 0 Å². The Bertz CT molecular complexity index is 659. The Balaban J connectivity index is 2.04. The second-order valence-corrected chi connectivity index (χ2v) is 10.3.